The number of nitrogens with one attached hydrogen (secondary N) is 2. The summed E-state index contributed by atoms with van der Waals surface area (Å²) in [5.41, 5.74) is -3.17. The standard InChI is InChI=1S/C15H8Cl2F6N2S/c16-10-2-1-3-11(12(10)17)25-13(26)24-9-5-7(14(18,19)20)4-8(6-9)15(21,22)23/h1-6H,(H2,24,25,26). The Balaban J connectivity index is 2.30. The van der Waals surface area contributed by atoms with E-state index in [1.807, 2.05) is 0 Å². The van der Waals surface area contributed by atoms with E-state index < -0.39 is 29.2 Å². The Morgan fingerprint density at radius 3 is 1.88 bits per heavy atom. The minimum absolute atomic E-state index is 0.0233. The molecular weight excluding hydrogens is 425 g/mol. The summed E-state index contributed by atoms with van der Waals surface area (Å²) in [6.45, 7) is 0. The lowest BCUT2D eigenvalue weighted by atomic mass is 10.1. The van der Waals surface area contributed by atoms with Crippen LogP contribution >= 0.6 is 35.4 Å². The molecule has 0 saturated carbocycles. The highest BCUT2D eigenvalue weighted by molar-refractivity contribution is 7.80. The van der Waals surface area contributed by atoms with E-state index in [0.29, 0.717) is 12.1 Å². The van der Waals surface area contributed by atoms with Crippen LogP contribution in [-0.2, 0) is 12.4 Å². The fourth-order valence-electron chi connectivity index (χ4n) is 1.91. The Hall–Kier alpha value is -1.71. The van der Waals surface area contributed by atoms with Crippen molar-refractivity contribution in [1.82, 2.24) is 0 Å². The highest BCUT2D eigenvalue weighted by Crippen LogP contribution is 2.37. The molecule has 0 aliphatic heterocycles. The first kappa shape index (κ1) is 20.6. The molecule has 0 heterocycles. The summed E-state index contributed by atoms with van der Waals surface area (Å²) in [5, 5.41) is 4.86. The van der Waals surface area contributed by atoms with Gasteiger partial charge in [0.2, 0.25) is 0 Å². The summed E-state index contributed by atoms with van der Waals surface area (Å²) in [7, 11) is 0. The van der Waals surface area contributed by atoms with Crippen molar-refractivity contribution in [3.63, 3.8) is 0 Å². The number of hydrogen-bond acceptors (Lipinski definition) is 1. The lowest BCUT2D eigenvalue weighted by molar-refractivity contribution is -0.143. The maximum atomic E-state index is 12.8. The molecule has 0 unspecified atom stereocenters. The normalized spacial score (nSPS) is 12.0. The Kier molecular flexibility index (Phi) is 5.94. The van der Waals surface area contributed by atoms with E-state index in [9.17, 15) is 26.3 Å². The second kappa shape index (κ2) is 7.50. The zero-order valence-corrected chi connectivity index (χ0v) is 14.7. The molecule has 0 fully saturated rings. The smallest absolute Gasteiger partial charge is 0.332 e. The predicted octanol–water partition coefficient (Wildman–Crippen LogP) is 6.84. The number of halogens is 8. The van der Waals surface area contributed by atoms with Crippen molar-refractivity contribution >= 4 is 51.9 Å². The van der Waals surface area contributed by atoms with E-state index in [0.717, 1.165) is 0 Å². The van der Waals surface area contributed by atoms with Crippen molar-refractivity contribution in [1.29, 1.82) is 0 Å². The Morgan fingerprint density at radius 2 is 1.38 bits per heavy atom. The van der Waals surface area contributed by atoms with Gasteiger partial charge in [0.25, 0.3) is 0 Å². The zero-order valence-electron chi connectivity index (χ0n) is 12.4. The second-order valence-corrected chi connectivity index (χ2v) is 6.17. The van der Waals surface area contributed by atoms with Crippen LogP contribution in [0.2, 0.25) is 10.0 Å². The van der Waals surface area contributed by atoms with Crippen LogP contribution in [0.15, 0.2) is 36.4 Å². The van der Waals surface area contributed by atoms with Crippen LogP contribution in [0.1, 0.15) is 11.1 Å². The van der Waals surface area contributed by atoms with Crippen LogP contribution < -0.4 is 10.6 Å². The molecule has 2 rings (SSSR count). The predicted molar refractivity (Wildman–Crippen MR) is 92.8 cm³/mol. The molecule has 140 valence electrons. The van der Waals surface area contributed by atoms with Gasteiger partial charge in [0.15, 0.2) is 5.11 Å². The number of hydrogen-bond donors (Lipinski definition) is 2. The molecule has 0 spiro atoms. The summed E-state index contributed by atoms with van der Waals surface area (Å²) >= 11 is 16.7. The summed E-state index contributed by atoms with van der Waals surface area (Å²) in [5.74, 6) is 0. The van der Waals surface area contributed by atoms with Gasteiger partial charge in [0.1, 0.15) is 0 Å². The lowest BCUT2D eigenvalue weighted by Gasteiger charge is -2.16. The monoisotopic (exact) mass is 432 g/mol. The summed E-state index contributed by atoms with van der Waals surface area (Å²) in [6.07, 6.45) is -9.91. The molecule has 0 aliphatic carbocycles. The third-order valence-corrected chi connectivity index (χ3v) is 4.07. The highest BCUT2D eigenvalue weighted by Gasteiger charge is 2.37. The number of thiocarbonyl (C=S) groups is 1. The molecule has 2 aromatic rings. The molecule has 11 heteroatoms. The first-order chi connectivity index (χ1) is 11.9. The Bertz CT molecular complexity index is 804. The average Bonchev–Trinajstić information content (AvgIpc) is 2.50. The van der Waals surface area contributed by atoms with Gasteiger partial charge in [-0.2, -0.15) is 26.3 Å². The maximum Gasteiger partial charge on any atom is 0.416 e. The maximum absolute atomic E-state index is 12.8. The first-order valence-electron chi connectivity index (χ1n) is 6.69. The van der Waals surface area contributed by atoms with Crippen molar-refractivity contribution in [3.05, 3.63) is 57.6 Å². The van der Waals surface area contributed by atoms with Crippen molar-refractivity contribution < 1.29 is 26.3 Å². The van der Waals surface area contributed by atoms with Gasteiger partial charge in [-0.15, -0.1) is 0 Å². The average molecular weight is 433 g/mol. The molecule has 0 bridgehead atoms. The largest absolute Gasteiger partial charge is 0.416 e. The van der Waals surface area contributed by atoms with Crippen LogP contribution in [0, 0.1) is 0 Å². The topological polar surface area (TPSA) is 24.1 Å². The first-order valence-corrected chi connectivity index (χ1v) is 7.86. The lowest BCUT2D eigenvalue weighted by Crippen LogP contribution is -2.20. The van der Waals surface area contributed by atoms with E-state index in [-0.39, 0.29) is 26.9 Å². The number of benzene rings is 2. The number of alkyl halides is 6. The van der Waals surface area contributed by atoms with Gasteiger partial charge < -0.3 is 10.6 Å². The molecule has 0 saturated heterocycles. The molecule has 0 radical (unpaired) electrons. The summed E-state index contributed by atoms with van der Waals surface area (Å²) in [4.78, 5) is 0. The molecular formula is C15H8Cl2F6N2S. The molecule has 26 heavy (non-hydrogen) atoms. The molecule has 2 nitrogen and oxygen atoms in total. The minimum Gasteiger partial charge on any atom is -0.332 e. The fraction of sp³-hybridized carbons (Fsp3) is 0.133. The van der Waals surface area contributed by atoms with Crippen LogP contribution in [0.5, 0.6) is 0 Å². The van der Waals surface area contributed by atoms with Gasteiger partial charge in [-0.3, -0.25) is 0 Å². The Morgan fingerprint density at radius 1 is 0.846 bits per heavy atom. The van der Waals surface area contributed by atoms with E-state index >= 15 is 0 Å². The molecule has 0 amide bonds. The number of anilines is 2. The van der Waals surface area contributed by atoms with Gasteiger partial charge in [-0.1, -0.05) is 29.3 Å². The third kappa shape index (κ3) is 5.15. The quantitative estimate of drug-likeness (QED) is 0.401. The van der Waals surface area contributed by atoms with Crippen LogP contribution in [-0.4, -0.2) is 5.11 Å². The van der Waals surface area contributed by atoms with E-state index in [1.54, 1.807) is 0 Å². The van der Waals surface area contributed by atoms with E-state index in [2.05, 4.69) is 10.6 Å². The van der Waals surface area contributed by atoms with Crippen molar-refractivity contribution in [2.75, 3.05) is 10.6 Å². The summed E-state index contributed by atoms with van der Waals surface area (Å²) < 4.78 is 77.1. The second-order valence-electron chi connectivity index (χ2n) is 4.98. The van der Waals surface area contributed by atoms with Gasteiger partial charge in [0, 0.05) is 5.69 Å². The molecule has 0 aliphatic rings. The van der Waals surface area contributed by atoms with Crippen LogP contribution in [0.4, 0.5) is 37.7 Å². The highest BCUT2D eigenvalue weighted by atomic mass is 35.5. The van der Waals surface area contributed by atoms with E-state index in [4.69, 9.17) is 35.4 Å². The number of rotatable bonds is 2. The Labute approximate surface area is 159 Å². The van der Waals surface area contributed by atoms with Gasteiger partial charge >= 0.3 is 12.4 Å². The van der Waals surface area contributed by atoms with Gasteiger partial charge in [0.05, 0.1) is 26.9 Å². The molecule has 2 N–H and O–H groups in total. The van der Waals surface area contributed by atoms with Crippen LogP contribution in [0.3, 0.4) is 0 Å². The van der Waals surface area contributed by atoms with Gasteiger partial charge in [-0.25, -0.2) is 0 Å². The van der Waals surface area contributed by atoms with Gasteiger partial charge in [-0.05, 0) is 42.5 Å². The molecule has 2 aromatic carbocycles. The summed E-state index contributed by atoms with van der Waals surface area (Å²) in [6, 6.07) is 5.57. The van der Waals surface area contributed by atoms with Crippen molar-refractivity contribution in [3.8, 4) is 0 Å². The van der Waals surface area contributed by atoms with E-state index in [1.165, 1.54) is 18.2 Å². The third-order valence-electron chi connectivity index (χ3n) is 3.05. The molecule has 0 atom stereocenters. The minimum atomic E-state index is -4.96. The van der Waals surface area contributed by atoms with Crippen molar-refractivity contribution in [2.24, 2.45) is 0 Å². The van der Waals surface area contributed by atoms with Crippen LogP contribution in [0.25, 0.3) is 0 Å². The fourth-order valence-corrected chi connectivity index (χ4v) is 2.49. The van der Waals surface area contributed by atoms with Crippen molar-refractivity contribution in [2.45, 2.75) is 12.4 Å². The molecule has 0 aromatic heterocycles. The zero-order chi connectivity index (χ0) is 19.7. The SMILES string of the molecule is FC(F)(F)c1cc(NC(=S)Nc2cccc(Cl)c2Cl)cc(C(F)(F)F)c1.